The van der Waals surface area contributed by atoms with Gasteiger partial charge in [0.05, 0.1) is 0 Å². The Morgan fingerprint density at radius 2 is 2.29 bits per heavy atom. The van der Waals surface area contributed by atoms with Gasteiger partial charge >= 0.3 is 0 Å². The van der Waals surface area contributed by atoms with Crippen LogP contribution in [0.25, 0.3) is 0 Å². The van der Waals surface area contributed by atoms with Crippen molar-refractivity contribution in [2.45, 2.75) is 32.9 Å². The number of likely N-dealkylation sites (N-methyl/N-ethyl adjacent to an activating group) is 1. The van der Waals surface area contributed by atoms with Gasteiger partial charge in [0.1, 0.15) is 16.8 Å². The molecule has 0 aliphatic carbocycles. The zero-order valence-electron chi connectivity index (χ0n) is 13.5. The van der Waals surface area contributed by atoms with E-state index in [1.807, 2.05) is 24.1 Å². The van der Waals surface area contributed by atoms with E-state index in [1.165, 1.54) is 11.3 Å². The fourth-order valence-electron chi connectivity index (χ4n) is 2.84. The third kappa shape index (κ3) is 3.62. The summed E-state index contributed by atoms with van der Waals surface area (Å²) in [6.07, 6.45) is -0.0476. The Morgan fingerprint density at radius 3 is 2.86 bits per heavy atom. The normalized spacial score (nSPS) is 23.8. The molecule has 0 spiro atoms. The van der Waals surface area contributed by atoms with Gasteiger partial charge in [-0.25, -0.2) is 4.98 Å². The lowest BCUT2D eigenvalue weighted by Crippen LogP contribution is -2.35. The van der Waals surface area contributed by atoms with Gasteiger partial charge < -0.3 is 14.5 Å². The predicted molar refractivity (Wildman–Crippen MR) is 84.7 cm³/mol. The first kappa shape index (κ1) is 16.4. The number of carbonyl (C=O) groups is 1. The minimum absolute atomic E-state index is 0.0393. The first-order valence-electron chi connectivity index (χ1n) is 7.46. The molecule has 1 aliphatic rings. The number of likely N-dealkylation sites (tertiary alicyclic amines) is 1. The molecule has 2 rings (SSSR count). The third-order valence-electron chi connectivity index (χ3n) is 4.03. The Morgan fingerprint density at radius 1 is 1.57 bits per heavy atom. The summed E-state index contributed by atoms with van der Waals surface area (Å²) in [6.45, 7) is 8.36. The van der Waals surface area contributed by atoms with Crippen LogP contribution in [0.15, 0.2) is 5.38 Å². The van der Waals surface area contributed by atoms with E-state index in [-0.39, 0.29) is 12.0 Å². The molecule has 1 saturated heterocycles. The molecule has 0 unspecified atom stereocenters. The molecule has 0 N–H and O–H groups in total. The van der Waals surface area contributed by atoms with Crippen molar-refractivity contribution in [3.63, 3.8) is 0 Å². The van der Waals surface area contributed by atoms with E-state index in [1.54, 1.807) is 0 Å². The lowest BCUT2D eigenvalue weighted by atomic mass is 10.1. The number of hydrogen-bond donors (Lipinski definition) is 0. The van der Waals surface area contributed by atoms with Crippen molar-refractivity contribution in [1.82, 2.24) is 14.8 Å². The number of ether oxygens (including phenoxy) is 1. The van der Waals surface area contributed by atoms with Crippen molar-refractivity contribution >= 4 is 17.2 Å². The molecule has 1 aromatic rings. The highest BCUT2D eigenvalue weighted by molar-refractivity contribution is 7.09. The average molecular weight is 311 g/mol. The highest BCUT2D eigenvalue weighted by Gasteiger charge is 2.34. The molecule has 1 amide bonds. The quantitative estimate of drug-likeness (QED) is 0.837. The Hall–Kier alpha value is -0.980. The Labute approximate surface area is 130 Å². The van der Waals surface area contributed by atoms with Crippen LogP contribution in [0.1, 0.15) is 42.4 Å². The molecule has 118 valence electrons. The first-order chi connectivity index (χ1) is 9.93. The van der Waals surface area contributed by atoms with E-state index in [4.69, 9.17) is 4.74 Å². The molecule has 21 heavy (non-hydrogen) atoms. The fourth-order valence-corrected chi connectivity index (χ4v) is 3.64. The Bertz CT molecular complexity index is 489. The number of carbonyl (C=O) groups excluding carboxylic acids is 1. The molecule has 5 nitrogen and oxygen atoms in total. The van der Waals surface area contributed by atoms with E-state index >= 15 is 0 Å². The summed E-state index contributed by atoms with van der Waals surface area (Å²) in [4.78, 5) is 21.1. The number of thiazole rings is 1. The summed E-state index contributed by atoms with van der Waals surface area (Å²) in [7, 11) is 4.14. The van der Waals surface area contributed by atoms with E-state index < -0.39 is 0 Å². The van der Waals surface area contributed by atoms with Gasteiger partial charge in [-0.3, -0.25) is 4.79 Å². The number of rotatable bonds is 5. The molecule has 2 heterocycles. The molecule has 1 aliphatic heterocycles. The molecular formula is C15H25N3O2S. The fraction of sp³-hybridized carbons (Fsp3) is 0.733. The summed E-state index contributed by atoms with van der Waals surface area (Å²) in [5, 5.41) is 2.72. The second kappa shape index (κ2) is 6.85. The van der Waals surface area contributed by atoms with Crippen LogP contribution >= 0.6 is 11.3 Å². The molecule has 3 atom stereocenters. The lowest BCUT2D eigenvalue weighted by Gasteiger charge is -2.22. The molecule has 6 heteroatoms. The summed E-state index contributed by atoms with van der Waals surface area (Å²) >= 11 is 1.50. The zero-order valence-corrected chi connectivity index (χ0v) is 14.3. The van der Waals surface area contributed by atoms with Crippen LogP contribution in [0, 0.1) is 5.92 Å². The van der Waals surface area contributed by atoms with Crippen LogP contribution in [0.4, 0.5) is 0 Å². The van der Waals surface area contributed by atoms with Crippen molar-refractivity contribution < 1.29 is 9.53 Å². The van der Waals surface area contributed by atoms with E-state index in [2.05, 4.69) is 30.9 Å². The monoisotopic (exact) mass is 311 g/mol. The van der Waals surface area contributed by atoms with Crippen LogP contribution in [-0.2, 0) is 4.74 Å². The number of aromatic nitrogens is 1. The van der Waals surface area contributed by atoms with Gasteiger partial charge in [0.15, 0.2) is 0 Å². The van der Waals surface area contributed by atoms with Crippen molar-refractivity contribution in [3.05, 3.63) is 16.1 Å². The van der Waals surface area contributed by atoms with Crippen LogP contribution in [0.5, 0.6) is 0 Å². The molecule has 0 radical (unpaired) electrons. The summed E-state index contributed by atoms with van der Waals surface area (Å²) in [6, 6.07) is 0.425. The van der Waals surface area contributed by atoms with E-state index in [9.17, 15) is 4.79 Å². The molecule has 0 bridgehead atoms. The maximum absolute atomic E-state index is 12.6. The molecular weight excluding hydrogens is 286 g/mol. The summed E-state index contributed by atoms with van der Waals surface area (Å²) in [5.74, 6) is 0.529. The Kier molecular flexibility index (Phi) is 5.35. The average Bonchev–Trinajstić information content (AvgIpc) is 3.04. The second-order valence-electron chi connectivity index (χ2n) is 5.89. The van der Waals surface area contributed by atoms with Gasteiger partial charge in [-0.15, -0.1) is 11.3 Å². The van der Waals surface area contributed by atoms with Crippen molar-refractivity contribution in [3.8, 4) is 0 Å². The Balaban J connectivity index is 2.04. The van der Waals surface area contributed by atoms with E-state index in [0.717, 1.165) is 18.1 Å². The zero-order chi connectivity index (χ0) is 15.6. The maximum atomic E-state index is 12.6. The largest absolute Gasteiger partial charge is 0.372 e. The first-order valence-corrected chi connectivity index (χ1v) is 8.34. The molecule has 0 saturated carbocycles. The van der Waals surface area contributed by atoms with Gasteiger partial charge in [-0.1, -0.05) is 6.92 Å². The van der Waals surface area contributed by atoms with Gasteiger partial charge in [-0.05, 0) is 33.9 Å². The smallest absolute Gasteiger partial charge is 0.273 e. The van der Waals surface area contributed by atoms with Gasteiger partial charge in [0.25, 0.3) is 5.91 Å². The number of nitrogens with zero attached hydrogens (tertiary/aromatic N) is 3. The SMILES string of the molecule is CCO[C@H](C)c1nc(C(=O)N2C[C@@H](N(C)C)[C@@H](C)C2)cs1. The van der Waals surface area contributed by atoms with Gasteiger partial charge in [0, 0.05) is 31.1 Å². The standard InChI is InChI=1S/C15H25N3O2S/c1-6-20-11(3)14-16-12(9-21-14)15(19)18-7-10(2)13(8-18)17(4)5/h9-11,13H,6-8H2,1-5H3/t10-,11+,13+/m0/s1. The highest BCUT2D eigenvalue weighted by Crippen LogP contribution is 2.25. The van der Waals surface area contributed by atoms with Crippen LogP contribution in [-0.4, -0.2) is 60.5 Å². The molecule has 0 aromatic carbocycles. The van der Waals surface area contributed by atoms with Gasteiger partial charge in [0.2, 0.25) is 0 Å². The van der Waals surface area contributed by atoms with Crippen LogP contribution < -0.4 is 0 Å². The van der Waals surface area contributed by atoms with E-state index in [0.29, 0.717) is 24.3 Å². The lowest BCUT2D eigenvalue weighted by molar-refractivity contribution is 0.0743. The third-order valence-corrected chi connectivity index (χ3v) is 5.03. The second-order valence-corrected chi connectivity index (χ2v) is 6.78. The molecule has 1 fully saturated rings. The topological polar surface area (TPSA) is 45.7 Å². The maximum Gasteiger partial charge on any atom is 0.273 e. The van der Waals surface area contributed by atoms with Crippen molar-refractivity contribution in [1.29, 1.82) is 0 Å². The van der Waals surface area contributed by atoms with Crippen LogP contribution in [0.2, 0.25) is 0 Å². The summed E-state index contributed by atoms with van der Waals surface area (Å²) < 4.78 is 5.53. The number of hydrogen-bond acceptors (Lipinski definition) is 5. The highest BCUT2D eigenvalue weighted by atomic mass is 32.1. The van der Waals surface area contributed by atoms with Crippen molar-refractivity contribution in [2.75, 3.05) is 33.8 Å². The minimum atomic E-state index is -0.0476. The van der Waals surface area contributed by atoms with Gasteiger partial charge in [-0.2, -0.15) is 0 Å². The van der Waals surface area contributed by atoms with Crippen LogP contribution in [0.3, 0.4) is 0 Å². The number of amides is 1. The summed E-state index contributed by atoms with van der Waals surface area (Å²) in [5.41, 5.74) is 0.549. The molecule has 1 aromatic heterocycles. The van der Waals surface area contributed by atoms with Crippen molar-refractivity contribution in [2.24, 2.45) is 5.92 Å². The predicted octanol–water partition coefficient (Wildman–Crippen LogP) is 2.26. The minimum Gasteiger partial charge on any atom is -0.372 e.